The van der Waals surface area contributed by atoms with Gasteiger partial charge in [-0.1, -0.05) is 17.7 Å². The van der Waals surface area contributed by atoms with Crippen molar-refractivity contribution in [2.75, 3.05) is 0 Å². The number of amides is 1. The lowest BCUT2D eigenvalue weighted by Gasteiger charge is -2.17. The minimum absolute atomic E-state index is 0.0603. The standard InChI is InChI=1S/C14H14F3NO3/c1-8(2)7-11(13(20)21)18-12(19)9-5-3-4-6-10(9)14(15,16)17/h3-6,11H,1,7H2,2H3,(H,18,19)(H,20,21)/t11-/m0/s1. The fourth-order valence-electron chi connectivity index (χ4n) is 1.71. The minimum Gasteiger partial charge on any atom is -0.480 e. The highest BCUT2D eigenvalue weighted by Gasteiger charge is 2.35. The Balaban J connectivity index is 3.04. The summed E-state index contributed by atoms with van der Waals surface area (Å²) in [4.78, 5) is 22.9. The first-order chi connectivity index (χ1) is 9.62. The van der Waals surface area contributed by atoms with Gasteiger partial charge in [0.2, 0.25) is 0 Å². The number of halogens is 3. The Morgan fingerprint density at radius 1 is 1.33 bits per heavy atom. The van der Waals surface area contributed by atoms with E-state index in [-0.39, 0.29) is 6.42 Å². The molecule has 1 atom stereocenters. The second kappa shape index (κ2) is 6.43. The third kappa shape index (κ3) is 4.62. The molecule has 0 aliphatic carbocycles. The van der Waals surface area contributed by atoms with E-state index in [4.69, 9.17) is 5.11 Å². The van der Waals surface area contributed by atoms with E-state index in [1.807, 2.05) is 0 Å². The van der Waals surface area contributed by atoms with Crippen molar-refractivity contribution in [3.8, 4) is 0 Å². The fraction of sp³-hybridized carbons (Fsp3) is 0.286. The van der Waals surface area contributed by atoms with Gasteiger partial charge in [0, 0.05) is 0 Å². The molecule has 1 amide bonds. The Morgan fingerprint density at radius 2 is 1.90 bits per heavy atom. The van der Waals surface area contributed by atoms with E-state index in [0.29, 0.717) is 5.57 Å². The number of hydrogen-bond acceptors (Lipinski definition) is 2. The predicted octanol–water partition coefficient (Wildman–Crippen LogP) is 2.85. The number of hydrogen-bond donors (Lipinski definition) is 2. The number of nitrogens with one attached hydrogen (secondary N) is 1. The molecule has 0 spiro atoms. The van der Waals surface area contributed by atoms with Crippen LogP contribution < -0.4 is 5.32 Å². The molecule has 0 radical (unpaired) electrons. The Labute approximate surface area is 119 Å². The van der Waals surface area contributed by atoms with Crippen molar-refractivity contribution in [1.29, 1.82) is 0 Å². The van der Waals surface area contributed by atoms with Gasteiger partial charge >= 0.3 is 12.1 Å². The molecule has 0 fully saturated rings. The van der Waals surface area contributed by atoms with Crippen LogP contribution in [0.1, 0.15) is 29.3 Å². The zero-order valence-corrected chi connectivity index (χ0v) is 11.2. The van der Waals surface area contributed by atoms with Gasteiger partial charge in [-0.3, -0.25) is 4.79 Å². The van der Waals surface area contributed by atoms with Crippen LogP contribution in [0.25, 0.3) is 0 Å². The lowest BCUT2D eigenvalue weighted by molar-refractivity contribution is -0.139. The van der Waals surface area contributed by atoms with Gasteiger partial charge in [-0.15, -0.1) is 6.58 Å². The van der Waals surface area contributed by atoms with Gasteiger partial charge in [0.05, 0.1) is 11.1 Å². The first kappa shape index (κ1) is 16.7. The van der Waals surface area contributed by atoms with Gasteiger partial charge in [-0.2, -0.15) is 13.2 Å². The van der Waals surface area contributed by atoms with Gasteiger partial charge in [0.25, 0.3) is 5.91 Å². The number of carbonyl (C=O) groups excluding carboxylic acids is 1. The van der Waals surface area contributed by atoms with Crippen LogP contribution in [-0.2, 0) is 11.0 Å². The molecular formula is C14H14F3NO3. The van der Waals surface area contributed by atoms with E-state index >= 15 is 0 Å². The Bertz CT molecular complexity index is 567. The quantitative estimate of drug-likeness (QED) is 0.822. The molecular weight excluding hydrogens is 287 g/mol. The average molecular weight is 301 g/mol. The van der Waals surface area contributed by atoms with E-state index in [1.165, 1.54) is 6.07 Å². The lowest BCUT2D eigenvalue weighted by atomic mass is 10.0. The highest BCUT2D eigenvalue weighted by molar-refractivity contribution is 5.98. The summed E-state index contributed by atoms with van der Waals surface area (Å²) < 4.78 is 38.4. The van der Waals surface area contributed by atoms with Crippen molar-refractivity contribution in [3.05, 3.63) is 47.5 Å². The van der Waals surface area contributed by atoms with Crippen molar-refractivity contribution in [1.82, 2.24) is 5.32 Å². The normalized spacial score (nSPS) is 12.6. The maximum atomic E-state index is 12.8. The van der Waals surface area contributed by atoms with Crippen molar-refractivity contribution < 1.29 is 27.9 Å². The van der Waals surface area contributed by atoms with Crippen LogP contribution in [0.15, 0.2) is 36.4 Å². The molecule has 1 rings (SSSR count). The van der Waals surface area contributed by atoms with E-state index in [0.717, 1.165) is 18.2 Å². The summed E-state index contributed by atoms with van der Waals surface area (Å²) in [6.45, 7) is 5.08. The predicted molar refractivity (Wildman–Crippen MR) is 69.8 cm³/mol. The summed E-state index contributed by atoms with van der Waals surface area (Å²) in [7, 11) is 0. The Hall–Kier alpha value is -2.31. The topological polar surface area (TPSA) is 66.4 Å². The zero-order valence-electron chi connectivity index (χ0n) is 11.2. The summed E-state index contributed by atoms with van der Waals surface area (Å²) in [6.07, 6.45) is -4.75. The van der Waals surface area contributed by atoms with Crippen LogP contribution in [0.5, 0.6) is 0 Å². The van der Waals surface area contributed by atoms with Crippen LogP contribution in [0.3, 0.4) is 0 Å². The van der Waals surface area contributed by atoms with Crippen LogP contribution in [-0.4, -0.2) is 23.0 Å². The highest BCUT2D eigenvalue weighted by atomic mass is 19.4. The van der Waals surface area contributed by atoms with Gasteiger partial charge < -0.3 is 10.4 Å². The molecule has 1 aromatic carbocycles. The minimum atomic E-state index is -4.69. The smallest absolute Gasteiger partial charge is 0.417 e. The average Bonchev–Trinajstić information content (AvgIpc) is 2.36. The summed E-state index contributed by atoms with van der Waals surface area (Å²) in [5.74, 6) is -2.42. The second-order valence-electron chi connectivity index (χ2n) is 4.57. The molecule has 0 aliphatic heterocycles. The van der Waals surface area contributed by atoms with E-state index < -0.39 is 35.2 Å². The molecule has 0 aliphatic rings. The number of alkyl halides is 3. The molecule has 1 aromatic rings. The molecule has 0 bridgehead atoms. The molecule has 0 saturated carbocycles. The molecule has 0 heterocycles. The van der Waals surface area contributed by atoms with Crippen LogP contribution in [0.2, 0.25) is 0 Å². The van der Waals surface area contributed by atoms with Gasteiger partial charge in [0.15, 0.2) is 0 Å². The summed E-state index contributed by atoms with van der Waals surface area (Å²) >= 11 is 0. The summed E-state index contributed by atoms with van der Waals surface area (Å²) in [5.41, 5.74) is -1.23. The third-order valence-corrected chi connectivity index (χ3v) is 2.63. The summed E-state index contributed by atoms with van der Waals surface area (Å²) in [6, 6.07) is 2.87. The molecule has 114 valence electrons. The monoisotopic (exact) mass is 301 g/mol. The molecule has 0 saturated heterocycles. The van der Waals surface area contributed by atoms with Crippen LogP contribution in [0.4, 0.5) is 13.2 Å². The van der Waals surface area contributed by atoms with Crippen molar-refractivity contribution in [3.63, 3.8) is 0 Å². The number of carbonyl (C=O) groups is 2. The molecule has 4 nitrogen and oxygen atoms in total. The molecule has 0 unspecified atom stereocenters. The largest absolute Gasteiger partial charge is 0.480 e. The molecule has 7 heteroatoms. The van der Waals surface area contributed by atoms with Crippen molar-refractivity contribution in [2.24, 2.45) is 0 Å². The lowest BCUT2D eigenvalue weighted by Crippen LogP contribution is -2.41. The highest BCUT2D eigenvalue weighted by Crippen LogP contribution is 2.31. The zero-order chi connectivity index (χ0) is 16.2. The van der Waals surface area contributed by atoms with Crippen molar-refractivity contribution >= 4 is 11.9 Å². The molecule has 2 N–H and O–H groups in total. The number of carboxylic acids is 1. The first-order valence-corrected chi connectivity index (χ1v) is 5.97. The number of carboxylic acid groups (broad SMARTS) is 1. The Morgan fingerprint density at radius 3 is 2.38 bits per heavy atom. The molecule has 21 heavy (non-hydrogen) atoms. The maximum Gasteiger partial charge on any atom is 0.417 e. The number of rotatable bonds is 5. The summed E-state index contributed by atoms with van der Waals surface area (Å²) in [5, 5.41) is 11.0. The number of benzene rings is 1. The fourth-order valence-corrected chi connectivity index (χ4v) is 1.71. The number of aliphatic carboxylic acids is 1. The second-order valence-corrected chi connectivity index (χ2v) is 4.57. The van der Waals surface area contributed by atoms with Gasteiger partial charge in [-0.25, -0.2) is 4.79 Å². The van der Waals surface area contributed by atoms with Crippen LogP contribution >= 0.6 is 0 Å². The van der Waals surface area contributed by atoms with Crippen LogP contribution in [0, 0.1) is 0 Å². The van der Waals surface area contributed by atoms with E-state index in [9.17, 15) is 22.8 Å². The van der Waals surface area contributed by atoms with E-state index in [2.05, 4.69) is 11.9 Å². The third-order valence-electron chi connectivity index (χ3n) is 2.63. The SMILES string of the molecule is C=C(C)C[C@H](NC(=O)c1ccccc1C(F)(F)F)C(=O)O. The van der Waals surface area contributed by atoms with E-state index in [1.54, 1.807) is 6.92 Å². The van der Waals surface area contributed by atoms with Gasteiger partial charge in [-0.05, 0) is 25.5 Å². The Kier molecular flexibility index (Phi) is 5.12. The maximum absolute atomic E-state index is 12.8. The molecule has 0 aromatic heterocycles. The first-order valence-electron chi connectivity index (χ1n) is 5.97. The van der Waals surface area contributed by atoms with Crippen molar-refractivity contribution in [2.45, 2.75) is 25.6 Å². The van der Waals surface area contributed by atoms with Gasteiger partial charge in [0.1, 0.15) is 6.04 Å².